The van der Waals surface area contributed by atoms with Gasteiger partial charge in [0.25, 0.3) is 0 Å². The van der Waals surface area contributed by atoms with E-state index in [2.05, 4.69) is 17.2 Å². The molecular formula is C44H73N2O5+. The minimum absolute atomic E-state index is 0.0131. The zero-order chi connectivity index (χ0) is 35.7. The van der Waals surface area contributed by atoms with E-state index in [0.29, 0.717) is 30.6 Å². The van der Waals surface area contributed by atoms with E-state index >= 15 is 0 Å². The molecule has 0 spiro atoms. The molecule has 5 aliphatic carbocycles. The zero-order valence-electron chi connectivity index (χ0n) is 32.0. The number of hydrogen-bond donors (Lipinski definition) is 4. The van der Waals surface area contributed by atoms with Crippen LogP contribution in [0.3, 0.4) is 0 Å². The van der Waals surface area contributed by atoms with Crippen molar-refractivity contribution in [2.75, 3.05) is 20.3 Å². The van der Waals surface area contributed by atoms with E-state index in [1.54, 1.807) is 7.11 Å². The van der Waals surface area contributed by atoms with Gasteiger partial charge in [0.15, 0.2) is 0 Å². The Morgan fingerprint density at radius 2 is 1.61 bits per heavy atom. The minimum atomic E-state index is -0.506. The summed E-state index contributed by atoms with van der Waals surface area (Å²) in [6, 6.07) is 0. The number of methoxy groups -OCH3 is 1. The smallest absolute Gasteiger partial charge is 0.144 e. The summed E-state index contributed by atoms with van der Waals surface area (Å²) in [7, 11) is 1.69. The first-order valence-corrected chi connectivity index (χ1v) is 21.8. The van der Waals surface area contributed by atoms with Crippen LogP contribution in [0.5, 0.6) is 0 Å². The van der Waals surface area contributed by atoms with Crippen molar-refractivity contribution in [2.45, 2.75) is 166 Å². The molecule has 0 aromatic carbocycles. The first kappa shape index (κ1) is 39.4. The summed E-state index contributed by atoms with van der Waals surface area (Å²) in [5.41, 5.74) is 6.46. The van der Waals surface area contributed by atoms with Crippen molar-refractivity contribution in [3.05, 3.63) is 0 Å². The number of Topliss-reactive ketones (excluding diaryl/α,β-unsaturated/α-hetero) is 2. The molecular weight excluding hydrogens is 636 g/mol. The average Bonchev–Trinajstić information content (AvgIpc) is 3.31. The number of carbonyl (C=O) groups excluding carboxylic acids is 2. The molecule has 0 aromatic heterocycles. The normalized spacial score (nSPS) is 40.0. The molecule has 1 aliphatic heterocycles. The van der Waals surface area contributed by atoms with Gasteiger partial charge in [-0.1, -0.05) is 69.6 Å². The van der Waals surface area contributed by atoms with E-state index < -0.39 is 6.10 Å². The summed E-state index contributed by atoms with van der Waals surface area (Å²) in [6.07, 6.45) is 23.1. The molecule has 1 heterocycles. The third-order valence-corrected chi connectivity index (χ3v) is 15.2. The fourth-order valence-corrected chi connectivity index (χ4v) is 12.3. The monoisotopic (exact) mass is 710 g/mol. The lowest BCUT2D eigenvalue weighted by Gasteiger charge is -2.44. The molecule has 0 aromatic rings. The van der Waals surface area contributed by atoms with Crippen molar-refractivity contribution in [2.24, 2.45) is 70.8 Å². The molecule has 0 radical (unpaired) electrons. The second-order valence-electron chi connectivity index (χ2n) is 18.6. The van der Waals surface area contributed by atoms with Crippen molar-refractivity contribution in [1.29, 1.82) is 0 Å². The topological polar surface area (TPSA) is 126 Å². The molecule has 12 atom stereocenters. The van der Waals surface area contributed by atoms with Gasteiger partial charge in [0.2, 0.25) is 0 Å². The Balaban J connectivity index is 1.33. The van der Waals surface area contributed by atoms with Gasteiger partial charge in [-0.15, -0.1) is 0 Å². The third kappa shape index (κ3) is 10.7. The van der Waals surface area contributed by atoms with Crippen LogP contribution in [0.4, 0.5) is 0 Å². The lowest BCUT2D eigenvalue weighted by molar-refractivity contribution is -0.699. The van der Waals surface area contributed by atoms with Gasteiger partial charge in [0.1, 0.15) is 17.7 Å². The van der Waals surface area contributed by atoms with Gasteiger partial charge in [-0.3, -0.25) is 15.3 Å². The number of nitrogens with two attached hydrogens (primary N) is 2. The van der Waals surface area contributed by atoms with Crippen molar-refractivity contribution < 1.29 is 29.9 Å². The highest BCUT2D eigenvalue weighted by molar-refractivity contribution is 6.00. The van der Waals surface area contributed by atoms with Crippen molar-refractivity contribution in [3.63, 3.8) is 0 Å². The van der Waals surface area contributed by atoms with Crippen molar-refractivity contribution in [1.82, 2.24) is 0 Å². The second kappa shape index (κ2) is 19.3. The SMILES string of the molecule is COC1CC2CCC(=O)CC(=O)C3CC(C(CO)CCC4CCCCC4)CC(CC4CC[NH2+]C(N)C4)CC3C#CC(C3CCCCC3)C2CC1O. The number of quaternary nitrogens is 1. The Labute approximate surface area is 309 Å². The zero-order valence-corrected chi connectivity index (χ0v) is 32.0. The molecule has 6 N–H and O–H groups in total. The fourth-order valence-electron chi connectivity index (χ4n) is 12.3. The van der Waals surface area contributed by atoms with Crippen LogP contribution in [-0.4, -0.2) is 60.4 Å². The predicted molar refractivity (Wildman–Crippen MR) is 201 cm³/mol. The molecule has 51 heavy (non-hydrogen) atoms. The van der Waals surface area contributed by atoms with Gasteiger partial charge in [-0.05, 0) is 118 Å². The number of carbonyl (C=O) groups is 2. The summed E-state index contributed by atoms with van der Waals surface area (Å²) in [5, 5.41) is 24.5. The Kier molecular flexibility index (Phi) is 14.9. The Morgan fingerprint density at radius 3 is 2.33 bits per heavy atom. The predicted octanol–water partition coefficient (Wildman–Crippen LogP) is 6.18. The Morgan fingerprint density at radius 1 is 0.843 bits per heavy atom. The molecule has 7 heteroatoms. The van der Waals surface area contributed by atoms with Crippen LogP contribution in [0.2, 0.25) is 0 Å². The third-order valence-electron chi connectivity index (χ3n) is 15.2. The Bertz CT molecular complexity index is 1170. The summed E-state index contributed by atoms with van der Waals surface area (Å²) in [5.74, 6) is 11.2. The lowest BCUT2D eigenvalue weighted by atomic mass is 9.63. The van der Waals surface area contributed by atoms with Crippen LogP contribution in [0.1, 0.15) is 148 Å². The molecule has 288 valence electrons. The summed E-state index contributed by atoms with van der Waals surface area (Å²) in [4.78, 5) is 28.1. The van der Waals surface area contributed by atoms with Crippen LogP contribution < -0.4 is 11.1 Å². The molecule has 4 saturated carbocycles. The van der Waals surface area contributed by atoms with Crippen LogP contribution in [0.25, 0.3) is 0 Å². The van der Waals surface area contributed by atoms with Gasteiger partial charge >= 0.3 is 0 Å². The van der Waals surface area contributed by atoms with Gasteiger partial charge in [0.05, 0.1) is 25.2 Å². The molecule has 7 nitrogen and oxygen atoms in total. The molecule has 12 unspecified atom stereocenters. The number of rotatable bonds is 9. The maximum absolute atomic E-state index is 14.4. The van der Waals surface area contributed by atoms with E-state index in [0.717, 1.165) is 63.8 Å². The first-order valence-electron chi connectivity index (χ1n) is 21.8. The summed E-state index contributed by atoms with van der Waals surface area (Å²) < 4.78 is 5.75. The average molecular weight is 710 g/mol. The number of ketones is 2. The molecule has 1 saturated heterocycles. The Hall–Kier alpha value is -1.30. The number of fused-ring (bicyclic) bond motifs is 2. The van der Waals surface area contributed by atoms with Crippen molar-refractivity contribution in [3.8, 4) is 11.8 Å². The molecule has 6 rings (SSSR count). The number of aliphatic hydroxyl groups excluding tert-OH is 2. The van der Waals surface area contributed by atoms with Crippen LogP contribution in [0, 0.1) is 76.9 Å². The van der Waals surface area contributed by atoms with Crippen LogP contribution in [0.15, 0.2) is 0 Å². The van der Waals surface area contributed by atoms with E-state index in [1.165, 1.54) is 77.0 Å². The van der Waals surface area contributed by atoms with E-state index in [4.69, 9.17) is 10.5 Å². The second-order valence-corrected chi connectivity index (χ2v) is 18.6. The number of piperidine rings is 1. The largest absolute Gasteiger partial charge is 0.396 e. The highest BCUT2D eigenvalue weighted by Crippen LogP contribution is 2.47. The van der Waals surface area contributed by atoms with E-state index in [-0.39, 0.29) is 78.3 Å². The van der Waals surface area contributed by atoms with Crippen LogP contribution >= 0.6 is 0 Å². The maximum Gasteiger partial charge on any atom is 0.144 e. The summed E-state index contributed by atoms with van der Waals surface area (Å²) >= 11 is 0. The van der Waals surface area contributed by atoms with Crippen molar-refractivity contribution >= 4 is 11.6 Å². The highest BCUT2D eigenvalue weighted by atomic mass is 16.5. The summed E-state index contributed by atoms with van der Waals surface area (Å²) in [6.45, 7) is 1.26. The maximum atomic E-state index is 14.4. The number of ether oxygens (including phenoxy) is 1. The molecule has 5 fully saturated rings. The van der Waals surface area contributed by atoms with E-state index in [9.17, 15) is 19.8 Å². The highest BCUT2D eigenvalue weighted by Gasteiger charge is 2.44. The molecule has 0 bridgehead atoms. The minimum Gasteiger partial charge on any atom is -0.396 e. The standard InChI is InChI=1S/C44H72N2O5/c1-51-43-25-34-14-16-37(48)26-41(49)40-24-36(35(28-47)13-12-29-8-4-2-5-9-29)22-31(20-30-18-19-46-44(45)23-30)21-33(40)15-17-38(39(34)27-42(43)50)32-10-6-3-7-11-32/h29-36,38-40,42-44,46-47,50H,2-14,16,18-28,45H2,1H3/p+1. The van der Waals surface area contributed by atoms with Gasteiger partial charge in [0, 0.05) is 44.3 Å². The first-order chi connectivity index (χ1) is 24.8. The van der Waals surface area contributed by atoms with Crippen LogP contribution in [-0.2, 0) is 14.3 Å². The number of hydrogen-bond acceptors (Lipinski definition) is 6. The molecule has 6 aliphatic rings. The van der Waals surface area contributed by atoms with Gasteiger partial charge in [-0.25, -0.2) is 0 Å². The van der Waals surface area contributed by atoms with E-state index in [1.807, 2.05) is 0 Å². The van der Waals surface area contributed by atoms with Gasteiger partial charge in [-0.2, -0.15) is 0 Å². The molecule has 0 amide bonds. The fraction of sp³-hybridized carbons (Fsp3) is 0.909. The quantitative estimate of drug-likeness (QED) is 0.168. The number of aliphatic hydroxyl groups is 2. The lowest BCUT2D eigenvalue weighted by Crippen LogP contribution is -2.94. The van der Waals surface area contributed by atoms with Gasteiger partial charge < -0.3 is 20.3 Å².